The van der Waals surface area contributed by atoms with Crippen LogP contribution in [0.3, 0.4) is 0 Å². The van der Waals surface area contributed by atoms with Crippen LogP contribution in [0.5, 0.6) is 0 Å². The Morgan fingerprint density at radius 3 is 0.750 bits per heavy atom. The summed E-state index contributed by atoms with van der Waals surface area (Å²) in [7, 11) is 0. The van der Waals surface area contributed by atoms with Gasteiger partial charge in [-0.25, -0.2) is 0 Å². The fourth-order valence-corrected chi connectivity index (χ4v) is 10.6. The number of fused-ring (bicyclic) bond motifs is 2. The molecule has 60 heavy (non-hydrogen) atoms. The minimum atomic E-state index is -0.535. The summed E-state index contributed by atoms with van der Waals surface area (Å²) in [6.07, 6.45) is 0. The molecule has 0 aromatic heterocycles. The van der Waals surface area contributed by atoms with Crippen LogP contribution in [0.2, 0.25) is 0 Å². The van der Waals surface area contributed by atoms with Gasteiger partial charge in [0.15, 0.2) is 0 Å². The number of hydrogen-bond donors (Lipinski definition) is 0. The average Bonchev–Trinajstić information content (AvgIpc) is 3.83. The molecule has 0 nitrogen and oxygen atoms in total. The van der Waals surface area contributed by atoms with E-state index >= 15 is 0 Å². The van der Waals surface area contributed by atoms with Crippen molar-refractivity contribution >= 4 is 22.3 Å². The van der Waals surface area contributed by atoms with E-state index in [0.29, 0.717) is 0 Å². The maximum atomic E-state index is 2.37. The molecule has 2 aliphatic rings. The van der Waals surface area contributed by atoms with Crippen molar-refractivity contribution in [3.63, 3.8) is 0 Å². The van der Waals surface area contributed by atoms with E-state index in [4.69, 9.17) is 0 Å². The van der Waals surface area contributed by atoms with Gasteiger partial charge in [0.1, 0.15) is 0 Å². The molecule has 9 aromatic rings. The molecule has 11 rings (SSSR count). The maximum Gasteiger partial charge on any atom is 0.0719 e. The molecule has 0 radical (unpaired) electrons. The van der Waals surface area contributed by atoms with E-state index in [0.717, 1.165) is 0 Å². The summed E-state index contributed by atoms with van der Waals surface area (Å²) in [5.74, 6) is 0. The third-order valence-electron chi connectivity index (χ3n) is 12.9. The molecule has 0 spiro atoms. The lowest BCUT2D eigenvalue weighted by Gasteiger charge is -2.36. The van der Waals surface area contributed by atoms with Gasteiger partial charge in [-0.3, -0.25) is 0 Å². The molecule has 0 unspecified atom stereocenters. The molecule has 282 valence electrons. The van der Waals surface area contributed by atoms with Crippen LogP contribution in [-0.2, 0) is 10.8 Å². The molecule has 0 aliphatic heterocycles. The third kappa shape index (κ3) is 5.31. The van der Waals surface area contributed by atoms with Crippen molar-refractivity contribution in [2.24, 2.45) is 0 Å². The molecular formula is C60H42. The summed E-state index contributed by atoms with van der Waals surface area (Å²) in [5, 5.41) is 0. The first-order valence-electron chi connectivity index (χ1n) is 20.9. The molecule has 0 heteroatoms. The third-order valence-corrected chi connectivity index (χ3v) is 12.9. The van der Waals surface area contributed by atoms with Gasteiger partial charge in [0, 0.05) is 0 Å². The second kappa shape index (κ2) is 14.7. The van der Waals surface area contributed by atoms with Crippen LogP contribution in [0.4, 0.5) is 0 Å². The normalized spacial score (nSPS) is 14.8. The lowest BCUT2D eigenvalue weighted by atomic mass is 9.65. The second-order valence-corrected chi connectivity index (χ2v) is 15.9. The monoisotopic (exact) mass is 762 g/mol. The van der Waals surface area contributed by atoms with Crippen LogP contribution in [-0.4, -0.2) is 0 Å². The molecule has 0 saturated heterocycles. The van der Waals surface area contributed by atoms with E-state index in [2.05, 4.69) is 255 Å². The lowest BCUT2D eigenvalue weighted by molar-refractivity contribution is 0.814. The van der Waals surface area contributed by atoms with E-state index in [1.807, 2.05) is 0 Å². The molecule has 0 N–H and O–H groups in total. The molecule has 9 aromatic carbocycles. The summed E-state index contributed by atoms with van der Waals surface area (Å²) in [6, 6.07) is 94.1. The summed E-state index contributed by atoms with van der Waals surface area (Å²) >= 11 is 0. The maximum absolute atomic E-state index is 2.37. The first-order valence-corrected chi connectivity index (χ1v) is 20.9. The van der Waals surface area contributed by atoms with Crippen LogP contribution in [0.1, 0.15) is 66.8 Å². The highest BCUT2D eigenvalue weighted by Gasteiger charge is 2.50. The van der Waals surface area contributed by atoms with E-state index in [1.54, 1.807) is 0 Å². The minimum Gasteiger partial charge on any atom is -0.0622 e. The van der Waals surface area contributed by atoms with Crippen LogP contribution >= 0.6 is 0 Å². The molecule has 0 heterocycles. The van der Waals surface area contributed by atoms with Gasteiger partial charge in [-0.15, -0.1) is 0 Å². The molecule has 2 aliphatic carbocycles. The molecule has 0 amide bonds. The Labute approximate surface area is 353 Å². The number of hydrogen-bond acceptors (Lipinski definition) is 0. The largest absolute Gasteiger partial charge is 0.0719 e. The molecule has 0 fully saturated rings. The predicted molar refractivity (Wildman–Crippen MR) is 250 cm³/mol. The Balaban J connectivity index is 1.21. The van der Waals surface area contributed by atoms with Crippen molar-refractivity contribution in [3.05, 3.63) is 322 Å². The lowest BCUT2D eigenvalue weighted by Crippen LogP contribution is -2.29. The second-order valence-electron chi connectivity index (χ2n) is 15.9. The van der Waals surface area contributed by atoms with Gasteiger partial charge in [-0.2, -0.15) is 0 Å². The highest BCUT2D eigenvalue weighted by molar-refractivity contribution is 6.13. The van der Waals surface area contributed by atoms with Gasteiger partial charge in [0.2, 0.25) is 0 Å². The van der Waals surface area contributed by atoms with Gasteiger partial charge in [-0.05, 0) is 89.1 Å². The van der Waals surface area contributed by atoms with Gasteiger partial charge in [0.05, 0.1) is 10.8 Å². The zero-order valence-corrected chi connectivity index (χ0v) is 33.2. The average molecular weight is 763 g/mol. The van der Waals surface area contributed by atoms with Crippen LogP contribution in [0.25, 0.3) is 22.3 Å². The number of allylic oxidation sites excluding steroid dienone is 2. The summed E-state index contributed by atoms with van der Waals surface area (Å²) in [6.45, 7) is 0. The minimum absolute atomic E-state index is 0.535. The summed E-state index contributed by atoms with van der Waals surface area (Å²) in [5.41, 5.74) is 19.1. The predicted octanol–water partition coefficient (Wildman–Crippen LogP) is 14.3. The highest BCUT2D eigenvalue weighted by atomic mass is 14.5. The van der Waals surface area contributed by atoms with E-state index in [-0.39, 0.29) is 0 Å². The molecule has 0 atom stereocenters. The zero-order valence-electron chi connectivity index (χ0n) is 33.2. The fourth-order valence-electron chi connectivity index (χ4n) is 10.6. The van der Waals surface area contributed by atoms with Crippen molar-refractivity contribution in [1.82, 2.24) is 0 Å². The molecular weight excluding hydrogens is 721 g/mol. The Morgan fingerprint density at radius 2 is 0.450 bits per heavy atom. The van der Waals surface area contributed by atoms with Gasteiger partial charge in [0.25, 0.3) is 0 Å². The van der Waals surface area contributed by atoms with Crippen molar-refractivity contribution in [2.45, 2.75) is 10.8 Å². The van der Waals surface area contributed by atoms with Crippen molar-refractivity contribution in [2.75, 3.05) is 0 Å². The van der Waals surface area contributed by atoms with E-state index in [9.17, 15) is 0 Å². The Hall–Kier alpha value is -7.54. The standard InChI is InChI=1S/C60H42/c1-7-23-45(24-8-1)57-55(51-35-19-21-37-53(51)59(57,47-27-11-3-12-28-47)48-29-13-4-14-30-48)43-39-41-44(42-40-43)56-52-36-20-22-38-54(52)60(49-31-15-5-16-32-49,50-33-17-6-18-34-50)58(56)46-25-9-2-10-26-46/h1-42H. The smallest absolute Gasteiger partial charge is 0.0622 e. The Kier molecular flexibility index (Phi) is 8.72. The van der Waals surface area contributed by atoms with E-state index < -0.39 is 10.8 Å². The molecule has 0 saturated carbocycles. The highest BCUT2D eigenvalue weighted by Crippen LogP contribution is 2.61. The SMILES string of the molecule is c1ccc(C2=C(c3ccc(C4=C(c5ccccc5)C(c5ccccc5)(c5ccccc5)c5ccccc54)cc3)c3ccccc3C2(c2ccccc2)c2ccccc2)cc1. The van der Waals surface area contributed by atoms with Crippen molar-refractivity contribution in [1.29, 1.82) is 0 Å². The van der Waals surface area contributed by atoms with Crippen LogP contribution in [0.15, 0.2) is 255 Å². The number of benzene rings is 9. The Bertz CT molecular complexity index is 2720. The summed E-state index contributed by atoms with van der Waals surface area (Å²) < 4.78 is 0. The van der Waals surface area contributed by atoms with Crippen LogP contribution < -0.4 is 0 Å². The van der Waals surface area contributed by atoms with Crippen LogP contribution in [0, 0.1) is 0 Å². The first kappa shape index (κ1) is 35.6. The van der Waals surface area contributed by atoms with Crippen molar-refractivity contribution < 1.29 is 0 Å². The summed E-state index contributed by atoms with van der Waals surface area (Å²) in [4.78, 5) is 0. The van der Waals surface area contributed by atoms with E-state index in [1.165, 1.54) is 89.1 Å². The topological polar surface area (TPSA) is 0 Å². The number of rotatable bonds is 8. The van der Waals surface area contributed by atoms with Gasteiger partial charge >= 0.3 is 0 Å². The van der Waals surface area contributed by atoms with Crippen molar-refractivity contribution in [3.8, 4) is 0 Å². The first-order chi connectivity index (χ1) is 29.8. The Morgan fingerprint density at radius 1 is 0.200 bits per heavy atom. The fraction of sp³-hybridized carbons (Fsp3) is 0.0333. The quantitative estimate of drug-likeness (QED) is 0.145. The zero-order chi connectivity index (χ0) is 39.9. The molecule has 0 bridgehead atoms. The van der Waals surface area contributed by atoms with Gasteiger partial charge < -0.3 is 0 Å². The van der Waals surface area contributed by atoms with Gasteiger partial charge in [-0.1, -0.05) is 255 Å².